The molecule has 0 unspecified atom stereocenters. The zero-order chi connectivity index (χ0) is 11.7. The van der Waals surface area contributed by atoms with Gasteiger partial charge in [-0.25, -0.2) is 4.68 Å². The van der Waals surface area contributed by atoms with Crippen molar-refractivity contribution in [1.29, 1.82) is 5.41 Å². The number of nitrogens with zero attached hydrogens (tertiary/aromatic N) is 3. The smallest absolute Gasteiger partial charge is 0.125 e. The molecule has 16 heavy (non-hydrogen) atoms. The highest BCUT2D eigenvalue weighted by atomic mass is 15.3. The van der Waals surface area contributed by atoms with Gasteiger partial charge in [-0.2, -0.15) is 5.10 Å². The third-order valence-corrected chi connectivity index (χ3v) is 2.33. The zero-order valence-electron chi connectivity index (χ0n) is 9.23. The molecule has 0 saturated carbocycles. The molecule has 0 aliphatic carbocycles. The van der Waals surface area contributed by atoms with Crippen molar-refractivity contribution in [3.63, 3.8) is 0 Å². The van der Waals surface area contributed by atoms with Gasteiger partial charge in [0.25, 0.3) is 0 Å². The molecule has 2 heterocycles. The highest BCUT2D eigenvalue weighted by molar-refractivity contribution is 5.98. The van der Waals surface area contributed by atoms with Crippen LogP contribution in [0.2, 0.25) is 0 Å². The van der Waals surface area contributed by atoms with Crippen LogP contribution in [0.3, 0.4) is 0 Å². The van der Waals surface area contributed by atoms with Crippen LogP contribution in [0.25, 0.3) is 5.69 Å². The van der Waals surface area contributed by atoms with Crippen LogP contribution < -0.4 is 5.73 Å². The lowest BCUT2D eigenvalue weighted by Crippen LogP contribution is -2.16. The predicted octanol–water partition coefficient (Wildman–Crippen LogP) is 1.17. The largest absolute Gasteiger partial charge is 0.384 e. The molecule has 0 saturated heterocycles. The van der Waals surface area contributed by atoms with Gasteiger partial charge < -0.3 is 5.73 Å². The topological polar surface area (TPSA) is 80.6 Å². The number of aryl methyl sites for hydroxylation is 2. The van der Waals surface area contributed by atoms with Gasteiger partial charge in [-0.1, -0.05) is 0 Å². The normalized spacial score (nSPS) is 10.4. The Bertz CT molecular complexity index is 541. The van der Waals surface area contributed by atoms with Gasteiger partial charge in [-0.15, -0.1) is 0 Å². The maximum Gasteiger partial charge on any atom is 0.125 e. The van der Waals surface area contributed by atoms with E-state index in [-0.39, 0.29) is 5.84 Å². The minimum absolute atomic E-state index is 0.0185. The number of nitrogens with one attached hydrogen (secondary N) is 1. The van der Waals surface area contributed by atoms with E-state index in [0.717, 1.165) is 17.1 Å². The van der Waals surface area contributed by atoms with Gasteiger partial charge in [0.05, 0.1) is 17.6 Å². The predicted molar refractivity (Wildman–Crippen MR) is 61.8 cm³/mol. The van der Waals surface area contributed by atoms with Crippen molar-refractivity contribution in [2.75, 3.05) is 0 Å². The van der Waals surface area contributed by atoms with Crippen LogP contribution in [0, 0.1) is 19.3 Å². The van der Waals surface area contributed by atoms with Crippen molar-refractivity contribution in [3.05, 3.63) is 41.5 Å². The van der Waals surface area contributed by atoms with Crippen LogP contribution in [0.4, 0.5) is 0 Å². The summed E-state index contributed by atoms with van der Waals surface area (Å²) in [6.07, 6.45) is 3.28. The fraction of sp³-hybridized carbons (Fsp3) is 0.182. The monoisotopic (exact) mass is 215 g/mol. The lowest BCUT2D eigenvalue weighted by Gasteiger charge is -2.08. The third kappa shape index (κ3) is 1.67. The van der Waals surface area contributed by atoms with Gasteiger partial charge >= 0.3 is 0 Å². The summed E-state index contributed by atoms with van der Waals surface area (Å²) in [6, 6.07) is 3.69. The molecule has 5 nitrogen and oxygen atoms in total. The number of aromatic nitrogens is 3. The van der Waals surface area contributed by atoms with E-state index in [4.69, 9.17) is 11.1 Å². The number of nitrogens with two attached hydrogens (primary N) is 1. The second kappa shape index (κ2) is 3.77. The fourth-order valence-electron chi connectivity index (χ4n) is 1.66. The molecule has 0 aromatic carbocycles. The molecule has 3 N–H and O–H groups in total. The van der Waals surface area contributed by atoms with E-state index < -0.39 is 0 Å². The third-order valence-electron chi connectivity index (χ3n) is 2.33. The van der Waals surface area contributed by atoms with Gasteiger partial charge in [-0.05, 0) is 26.0 Å². The van der Waals surface area contributed by atoms with Crippen LogP contribution >= 0.6 is 0 Å². The Balaban J connectivity index is 2.64. The van der Waals surface area contributed by atoms with E-state index in [2.05, 4.69) is 10.1 Å². The first-order valence-electron chi connectivity index (χ1n) is 4.91. The van der Waals surface area contributed by atoms with Gasteiger partial charge in [-0.3, -0.25) is 10.4 Å². The SMILES string of the molecule is Cc1cc(C)n(-c2cnccc2C(=N)N)n1. The van der Waals surface area contributed by atoms with Gasteiger partial charge in [0.2, 0.25) is 0 Å². The Kier molecular flexibility index (Phi) is 2.44. The van der Waals surface area contributed by atoms with Crippen molar-refractivity contribution in [2.24, 2.45) is 5.73 Å². The maximum atomic E-state index is 7.51. The summed E-state index contributed by atoms with van der Waals surface area (Å²) in [7, 11) is 0. The summed E-state index contributed by atoms with van der Waals surface area (Å²) in [6.45, 7) is 3.88. The molecule has 82 valence electrons. The maximum absolute atomic E-state index is 7.51. The lowest BCUT2D eigenvalue weighted by atomic mass is 10.2. The molecule has 0 aliphatic rings. The number of hydrogen-bond acceptors (Lipinski definition) is 3. The number of rotatable bonds is 2. The molecule has 0 fully saturated rings. The first kappa shape index (κ1) is 10.4. The summed E-state index contributed by atoms with van der Waals surface area (Å²) < 4.78 is 1.75. The Labute approximate surface area is 93.4 Å². The summed E-state index contributed by atoms with van der Waals surface area (Å²) in [5.74, 6) is 0.0185. The summed E-state index contributed by atoms with van der Waals surface area (Å²) in [4.78, 5) is 4.04. The first-order chi connectivity index (χ1) is 7.59. The average molecular weight is 215 g/mol. The van der Waals surface area contributed by atoms with E-state index in [1.807, 2.05) is 19.9 Å². The summed E-state index contributed by atoms with van der Waals surface area (Å²) in [5.41, 5.74) is 8.82. The molecule has 0 bridgehead atoms. The Hall–Kier alpha value is -2.17. The Morgan fingerprint density at radius 3 is 2.75 bits per heavy atom. The van der Waals surface area contributed by atoms with Gasteiger partial charge in [0.1, 0.15) is 5.84 Å². The second-order valence-corrected chi connectivity index (χ2v) is 3.65. The van der Waals surface area contributed by atoms with E-state index in [9.17, 15) is 0 Å². The quantitative estimate of drug-likeness (QED) is 0.582. The van der Waals surface area contributed by atoms with Gasteiger partial charge in [0, 0.05) is 17.5 Å². The van der Waals surface area contributed by atoms with E-state index in [1.54, 1.807) is 23.1 Å². The highest BCUT2D eigenvalue weighted by Gasteiger charge is 2.10. The second-order valence-electron chi connectivity index (χ2n) is 3.65. The van der Waals surface area contributed by atoms with Crippen LogP contribution in [-0.4, -0.2) is 20.6 Å². The van der Waals surface area contributed by atoms with Crippen LogP contribution in [-0.2, 0) is 0 Å². The Morgan fingerprint density at radius 1 is 1.44 bits per heavy atom. The standard InChI is InChI=1S/C11H13N5/c1-7-5-8(2)16(15-7)10-6-14-4-3-9(10)11(12)13/h3-6H,1-2H3,(H3,12,13). The summed E-state index contributed by atoms with van der Waals surface area (Å²) in [5, 5.41) is 11.9. The molecule has 0 amide bonds. The molecule has 2 rings (SSSR count). The molecule has 0 aliphatic heterocycles. The molecule has 2 aromatic heterocycles. The fourth-order valence-corrected chi connectivity index (χ4v) is 1.66. The minimum atomic E-state index is 0.0185. The lowest BCUT2D eigenvalue weighted by molar-refractivity contribution is 0.826. The number of amidine groups is 1. The molecule has 5 heteroatoms. The molecule has 0 radical (unpaired) electrons. The Morgan fingerprint density at radius 2 is 2.19 bits per heavy atom. The van der Waals surface area contributed by atoms with Crippen LogP contribution in [0.1, 0.15) is 17.0 Å². The van der Waals surface area contributed by atoms with Crippen molar-refractivity contribution in [3.8, 4) is 5.69 Å². The number of pyridine rings is 1. The van der Waals surface area contributed by atoms with Gasteiger partial charge in [0.15, 0.2) is 0 Å². The van der Waals surface area contributed by atoms with Crippen LogP contribution in [0.5, 0.6) is 0 Å². The van der Waals surface area contributed by atoms with E-state index in [1.165, 1.54) is 0 Å². The summed E-state index contributed by atoms with van der Waals surface area (Å²) >= 11 is 0. The van der Waals surface area contributed by atoms with Crippen molar-refractivity contribution in [1.82, 2.24) is 14.8 Å². The molecule has 0 atom stereocenters. The average Bonchev–Trinajstić information content (AvgIpc) is 2.57. The molecule has 2 aromatic rings. The van der Waals surface area contributed by atoms with E-state index in [0.29, 0.717) is 5.56 Å². The van der Waals surface area contributed by atoms with Crippen molar-refractivity contribution in [2.45, 2.75) is 13.8 Å². The number of nitrogen functional groups attached to an aromatic ring is 1. The molecular weight excluding hydrogens is 202 g/mol. The minimum Gasteiger partial charge on any atom is -0.384 e. The number of hydrogen-bond donors (Lipinski definition) is 2. The van der Waals surface area contributed by atoms with Crippen LogP contribution in [0.15, 0.2) is 24.5 Å². The first-order valence-corrected chi connectivity index (χ1v) is 4.91. The van der Waals surface area contributed by atoms with Crippen molar-refractivity contribution >= 4 is 5.84 Å². The zero-order valence-corrected chi connectivity index (χ0v) is 9.23. The molecule has 0 spiro atoms. The van der Waals surface area contributed by atoms with E-state index >= 15 is 0 Å². The van der Waals surface area contributed by atoms with Crippen molar-refractivity contribution < 1.29 is 0 Å². The molecular formula is C11H13N5. The highest BCUT2D eigenvalue weighted by Crippen LogP contribution is 2.15.